The van der Waals surface area contributed by atoms with E-state index in [-0.39, 0.29) is 17.5 Å². The van der Waals surface area contributed by atoms with Crippen molar-refractivity contribution in [1.29, 1.82) is 0 Å². The van der Waals surface area contributed by atoms with Crippen molar-refractivity contribution in [3.63, 3.8) is 0 Å². The SMILES string of the molecule is COCCNC(=O)N1CCC(=O)N(CC2CC2)C2(CCOC2)C1. The van der Waals surface area contributed by atoms with Crippen LogP contribution in [0.3, 0.4) is 0 Å². The molecule has 1 unspecified atom stereocenters. The molecular weight excluding hydrogens is 298 g/mol. The van der Waals surface area contributed by atoms with E-state index in [0.29, 0.717) is 51.8 Å². The number of urea groups is 1. The fraction of sp³-hybridized carbons (Fsp3) is 0.875. The highest BCUT2D eigenvalue weighted by Gasteiger charge is 2.48. The van der Waals surface area contributed by atoms with Crippen LogP contribution < -0.4 is 5.32 Å². The van der Waals surface area contributed by atoms with Crippen LogP contribution in [-0.4, -0.2) is 80.4 Å². The van der Waals surface area contributed by atoms with Gasteiger partial charge in [0.1, 0.15) is 0 Å². The first-order valence-electron chi connectivity index (χ1n) is 8.54. The van der Waals surface area contributed by atoms with Crippen LogP contribution in [-0.2, 0) is 14.3 Å². The van der Waals surface area contributed by atoms with Crippen molar-refractivity contribution in [2.75, 3.05) is 53.1 Å². The first-order chi connectivity index (χ1) is 11.1. The van der Waals surface area contributed by atoms with E-state index in [1.165, 1.54) is 12.8 Å². The van der Waals surface area contributed by atoms with Gasteiger partial charge in [-0.25, -0.2) is 4.79 Å². The minimum absolute atomic E-state index is 0.116. The number of carbonyl (C=O) groups is 2. The van der Waals surface area contributed by atoms with Crippen LogP contribution in [0.2, 0.25) is 0 Å². The van der Waals surface area contributed by atoms with Crippen molar-refractivity contribution in [2.45, 2.75) is 31.2 Å². The number of hydrogen-bond acceptors (Lipinski definition) is 4. The largest absolute Gasteiger partial charge is 0.383 e. The Morgan fingerprint density at radius 3 is 2.96 bits per heavy atom. The van der Waals surface area contributed by atoms with Gasteiger partial charge in [0.05, 0.1) is 18.8 Å². The maximum Gasteiger partial charge on any atom is 0.317 e. The molecule has 1 N–H and O–H groups in total. The van der Waals surface area contributed by atoms with E-state index in [9.17, 15) is 9.59 Å². The first kappa shape index (κ1) is 16.5. The standard InChI is InChI=1S/C16H27N3O4/c1-22-9-6-17-15(21)18-7-4-14(20)19(10-13-2-3-13)16(11-18)5-8-23-12-16/h13H,2-12H2,1H3,(H,17,21). The highest BCUT2D eigenvalue weighted by Crippen LogP contribution is 2.36. The Morgan fingerprint density at radius 1 is 1.48 bits per heavy atom. The number of methoxy groups -OCH3 is 1. The van der Waals surface area contributed by atoms with Gasteiger partial charge in [0.15, 0.2) is 0 Å². The van der Waals surface area contributed by atoms with Gasteiger partial charge in [-0.2, -0.15) is 0 Å². The van der Waals surface area contributed by atoms with Crippen LogP contribution >= 0.6 is 0 Å². The maximum atomic E-state index is 12.7. The van der Waals surface area contributed by atoms with Crippen molar-refractivity contribution in [2.24, 2.45) is 5.92 Å². The lowest BCUT2D eigenvalue weighted by Crippen LogP contribution is -2.58. The molecule has 1 saturated carbocycles. The molecule has 0 bridgehead atoms. The van der Waals surface area contributed by atoms with Gasteiger partial charge in [0.25, 0.3) is 0 Å². The molecule has 3 amide bonds. The number of carbonyl (C=O) groups excluding carboxylic acids is 2. The molecule has 0 aromatic carbocycles. The fourth-order valence-corrected chi connectivity index (χ4v) is 3.48. The summed E-state index contributed by atoms with van der Waals surface area (Å²) in [6.45, 7) is 4.02. The van der Waals surface area contributed by atoms with Crippen LogP contribution in [0.25, 0.3) is 0 Å². The molecule has 2 heterocycles. The molecular formula is C16H27N3O4. The molecule has 3 fully saturated rings. The van der Waals surface area contributed by atoms with Gasteiger partial charge in [-0.1, -0.05) is 0 Å². The summed E-state index contributed by atoms with van der Waals surface area (Å²) in [6, 6.07) is -0.116. The van der Waals surface area contributed by atoms with Crippen LogP contribution in [0.15, 0.2) is 0 Å². The van der Waals surface area contributed by atoms with Crippen LogP contribution in [0, 0.1) is 5.92 Å². The smallest absolute Gasteiger partial charge is 0.317 e. The van der Waals surface area contributed by atoms with E-state index < -0.39 is 0 Å². The zero-order chi connectivity index (χ0) is 16.3. The third kappa shape index (κ3) is 3.77. The summed E-state index contributed by atoms with van der Waals surface area (Å²) in [4.78, 5) is 28.9. The van der Waals surface area contributed by atoms with Gasteiger partial charge >= 0.3 is 6.03 Å². The quantitative estimate of drug-likeness (QED) is 0.745. The molecule has 0 aromatic rings. The molecule has 130 valence electrons. The van der Waals surface area contributed by atoms with Gasteiger partial charge in [-0.05, 0) is 25.2 Å². The molecule has 23 heavy (non-hydrogen) atoms. The second-order valence-corrected chi connectivity index (χ2v) is 6.87. The van der Waals surface area contributed by atoms with Crippen LogP contribution in [0.4, 0.5) is 4.79 Å². The predicted molar refractivity (Wildman–Crippen MR) is 84.1 cm³/mol. The molecule has 3 rings (SSSR count). The minimum atomic E-state index is -0.339. The maximum absolute atomic E-state index is 12.7. The Balaban J connectivity index is 1.70. The van der Waals surface area contributed by atoms with Gasteiger partial charge in [0.2, 0.25) is 5.91 Å². The van der Waals surface area contributed by atoms with E-state index in [1.807, 2.05) is 4.90 Å². The summed E-state index contributed by atoms with van der Waals surface area (Å²) >= 11 is 0. The van der Waals surface area contributed by atoms with Crippen molar-refractivity contribution in [1.82, 2.24) is 15.1 Å². The molecule has 0 radical (unpaired) electrons. The van der Waals surface area contributed by atoms with Crippen molar-refractivity contribution < 1.29 is 19.1 Å². The Bertz CT molecular complexity index is 447. The average Bonchev–Trinajstić information content (AvgIpc) is 3.27. The van der Waals surface area contributed by atoms with Gasteiger partial charge in [-0.3, -0.25) is 4.79 Å². The first-order valence-corrected chi connectivity index (χ1v) is 8.54. The Hall–Kier alpha value is -1.34. The van der Waals surface area contributed by atoms with Gasteiger partial charge in [-0.15, -0.1) is 0 Å². The Morgan fingerprint density at radius 2 is 2.30 bits per heavy atom. The lowest BCUT2D eigenvalue weighted by molar-refractivity contribution is -0.136. The second kappa shape index (κ2) is 7.05. The summed E-state index contributed by atoms with van der Waals surface area (Å²) in [6.07, 6.45) is 3.63. The average molecular weight is 325 g/mol. The molecule has 1 atom stereocenters. The van der Waals surface area contributed by atoms with E-state index in [2.05, 4.69) is 5.32 Å². The molecule has 2 aliphatic heterocycles. The zero-order valence-electron chi connectivity index (χ0n) is 13.9. The zero-order valence-corrected chi connectivity index (χ0v) is 13.9. The number of ether oxygens (including phenoxy) is 2. The summed E-state index contributed by atoms with van der Waals surface area (Å²) in [5.74, 6) is 0.799. The number of nitrogens with one attached hydrogen (secondary N) is 1. The molecule has 7 heteroatoms. The third-order valence-corrected chi connectivity index (χ3v) is 5.04. The van der Waals surface area contributed by atoms with E-state index in [4.69, 9.17) is 9.47 Å². The van der Waals surface area contributed by atoms with Crippen LogP contribution in [0.5, 0.6) is 0 Å². The fourth-order valence-electron chi connectivity index (χ4n) is 3.48. The lowest BCUT2D eigenvalue weighted by Gasteiger charge is -2.40. The summed E-state index contributed by atoms with van der Waals surface area (Å²) in [5, 5.41) is 2.86. The molecule has 3 aliphatic rings. The van der Waals surface area contributed by atoms with Crippen molar-refractivity contribution in [3.05, 3.63) is 0 Å². The summed E-state index contributed by atoms with van der Waals surface area (Å²) < 4.78 is 10.6. The second-order valence-electron chi connectivity index (χ2n) is 6.87. The predicted octanol–water partition coefficient (Wildman–Crippen LogP) is 0.446. The minimum Gasteiger partial charge on any atom is -0.383 e. The van der Waals surface area contributed by atoms with E-state index in [0.717, 1.165) is 13.0 Å². The normalized spacial score (nSPS) is 28.3. The topological polar surface area (TPSA) is 71.1 Å². The van der Waals surface area contributed by atoms with E-state index in [1.54, 1.807) is 12.0 Å². The van der Waals surface area contributed by atoms with Crippen molar-refractivity contribution >= 4 is 11.9 Å². The highest BCUT2D eigenvalue weighted by molar-refractivity contribution is 5.80. The molecule has 0 aromatic heterocycles. The molecule has 1 aliphatic carbocycles. The number of amides is 3. The van der Waals surface area contributed by atoms with Gasteiger partial charge < -0.3 is 24.6 Å². The Labute approximate surface area is 137 Å². The summed E-state index contributed by atoms with van der Waals surface area (Å²) in [7, 11) is 1.61. The third-order valence-electron chi connectivity index (χ3n) is 5.04. The number of nitrogens with zero attached hydrogens (tertiary/aromatic N) is 2. The number of rotatable bonds is 5. The Kier molecular flexibility index (Phi) is 5.06. The molecule has 1 spiro atoms. The number of hydrogen-bond donors (Lipinski definition) is 1. The van der Waals surface area contributed by atoms with E-state index >= 15 is 0 Å². The van der Waals surface area contributed by atoms with Gasteiger partial charge in [0, 0.05) is 46.3 Å². The van der Waals surface area contributed by atoms with Crippen LogP contribution in [0.1, 0.15) is 25.7 Å². The highest BCUT2D eigenvalue weighted by atomic mass is 16.5. The lowest BCUT2D eigenvalue weighted by atomic mass is 9.95. The molecule has 7 nitrogen and oxygen atoms in total. The molecule has 2 saturated heterocycles. The van der Waals surface area contributed by atoms with Crippen molar-refractivity contribution in [3.8, 4) is 0 Å². The monoisotopic (exact) mass is 325 g/mol. The summed E-state index contributed by atoms with van der Waals surface area (Å²) in [5.41, 5.74) is -0.339.